The summed E-state index contributed by atoms with van der Waals surface area (Å²) in [6.45, 7) is 8.77. The lowest BCUT2D eigenvalue weighted by Crippen LogP contribution is -2.16. The topological polar surface area (TPSA) is 52.6 Å². The average Bonchev–Trinajstić information content (AvgIpc) is 2.62. The molecule has 1 aromatic rings. The maximum absolute atomic E-state index is 12.3. The van der Waals surface area contributed by atoms with Gasteiger partial charge in [-0.2, -0.15) is 0 Å². The van der Waals surface area contributed by atoms with Crippen LogP contribution in [-0.4, -0.2) is 24.6 Å². The van der Waals surface area contributed by atoms with Crippen LogP contribution in [0.3, 0.4) is 0 Å². The molecule has 0 bridgehead atoms. The van der Waals surface area contributed by atoms with E-state index in [9.17, 15) is 9.59 Å². The van der Waals surface area contributed by atoms with E-state index in [2.05, 4.69) is 20.8 Å². The molecule has 0 aliphatic carbocycles. The van der Waals surface area contributed by atoms with Crippen LogP contribution in [-0.2, 0) is 9.47 Å². The van der Waals surface area contributed by atoms with E-state index < -0.39 is 5.97 Å². The lowest BCUT2D eigenvalue weighted by molar-refractivity contribution is 0.0319. The van der Waals surface area contributed by atoms with Crippen molar-refractivity contribution in [2.45, 2.75) is 78.7 Å². The van der Waals surface area contributed by atoms with Crippen molar-refractivity contribution in [3.63, 3.8) is 0 Å². The molecule has 1 aromatic carbocycles. The second-order valence-corrected chi connectivity index (χ2v) is 7.32. The Morgan fingerprint density at radius 2 is 1.62 bits per heavy atom. The maximum Gasteiger partial charge on any atom is 0.338 e. The second kappa shape index (κ2) is 12.5. The quantitative estimate of drug-likeness (QED) is 0.348. The molecule has 0 amide bonds. The number of ether oxygens (including phenoxy) is 2. The Morgan fingerprint density at radius 1 is 0.923 bits per heavy atom. The summed E-state index contributed by atoms with van der Waals surface area (Å²) >= 11 is 0. The molecule has 4 heteroatoms. The molecular formula is C22H34O4. The number of rotatable bonds is 12. The molecule has 0 spiro atoms. The largest absolute Gasteiger partial charge is 0.462 e. The minimum absolute atomic E-state index is 0.119. The molecule has 0 fully saturated rings. The van der Waals surface area contributed by atoms with Gasteiger partial charge in [-0.05, 0) is 56.7 Å². The summed E-state index contributed by atoms with van der Waals surface area (Å²) in [7, 11) is 0. The van der Waals surface area contributed by atoms with Gasteiger partial charge < -0.3 is 9.47 Å². The van der Waals surface area contributed by atoms with Gasteiger partial charge in [-0.25, -0.2) is 9.59 Å². The Bertz CT molecular complexity index is 551. The van der Waals surface area contributed by atoms with Gasteiger partial charge in [0.05, 0.1) is 23.8 Å². The van der Waals surface area contributed by atoms with Gasteiger partial charge in [0.15, 0.2) is 0 Å². The molecule has 0 saturated heterocycles. The number of unbranched alkanes of at least 4 members (excludes halogenated alkanes) is 3. The van der Waals surface area contributed by atoms with Crippen LogP contribution < -0.4 is 0 Å². The van der Waals surface area contributed by atoms with E-state index >= 15 is 0 Å². The normalized spacial score (nSPS) is 12.0. The van der Waals surface area contributed by atoms with Gasteiger partial charge in [0.2, 0.25) is 0 Å². The van der Waals surface area contributed by atoms with E-state index in [1.54, 1.807) is 24.3 Å². The lowest BCUT2D eigenvalue weighted by atomic mass is 10.1. The third-order valence-electron chi connectivity index (χ3n) is 4.27. The Kier molecular flexibility index (Phi) is 10.7. The molecule has 1 rings (SSSR count). The highest BCUT2D eigenvalue weighted by atomic mass is 16.5. The van der Waals surface area contributed by atoms with Gasteiger partial charge in [0.25, 0.3) is 0 Å². The third-order valence-corrected chi connectivity index (χ3v) is 4.27. The second-order valence-electron chi connectivity index (χ2n) is 7.32. The fourth-order valence-electron chi connectivity index (χ4n) is 2.68. The van der Waals surface area contributed by atoms with E-state index in [1.807, 2.05) is 6.92 Å². The smallest absolute Gasteiger partial charge is 0.338 e. The van der Waals surface area contributed by atoms with Crippen molar-refractivity contribution >= 4 is 11.9 Å². The molecule has 0 aliphatic heterocycles. The molecule has 4 nitrogen and oxygen atoms in total. The van der Waals surface area contributed by atoms with E-state index in [4.69, 9.17) is 9.47 Å². The number of hydrogen-bond acceptors (Lipinski definition) is 4. The molecule has 26 heavy (non-hydrogen) atoms. The molecule has 0 N–H and O–H groups in total. The van der Waals surface area contributed by atoms with Gasteiger partial charge in [0, 0.05) is 0 Å². The van der Waals surface area contributed by atoms with Gasteiger partial charge in [-0.1, -0.05) is 46.1 Å². The summed E-state index contributed by atoms with van der Waals surface area (Å²) in [5.41, 5.74) is 0.779. The zero-order chi connectivity index (χ0) is 19.4. The van der Waals surface area contributed by atoms with Gasteiger partial charge >= 0.3 is 11.9 Å². The fraction of sp³-hybridized carbons (Fsp3) is 0.636. The van der Waals surface area contributed by atoms with Crippen LogP contribution in [0.5, 0.6) is 0 Å². The highest BCUT2D eigenvalue weighted by Gasteiger charge is 2.15. The SMILES string of the molecule is CCCCCCC(C)OC(=O)c1cccc(C(=O)OCCCC(C)C)c1. The first-order valence-electron chi connectivity index (χ1n) is 9.92. The molecule has 0 radical (unpaired) electrons. The van der Waals surface area contributed by atoms with Crippen LogP contribution >= 0.6 is 0 Å². The third kappa shape index (κ3) is 9.02. The van der Waals surface area contributed by atoms with Crippen LogP contribution in [0.15, 0.2) is 24.3 Å². The van der Waals surface area contributed by atoms with Crippen LogP contribution in [0.1, 0.15) is 93.4 Å². The Hall–Kier alpha value is -1.84. The van der Waals surface area contributed by atoms with Gasteiger partial charge in [-0.15, -0.1) is 0 Å². The van der Waals surface area contributed by atoms with Crippen LogP contribution in [0.4, 0.5) is 0 Å². The highest BCUT2D eigenvalue weighted by Crippen LogP contribution is 2.13. The minimum Gasteiger partial charge on any atom is -0.462 e. The molecular weight excluding hydrogens is 328 g/mol. The predicted molar refractivity (Wildman–Crippen MR) is 104 cm³/mol. The van der Waals surface area contributed by atoms with Crippen molar-refractivity contribution in [2.24, 2.45) is 5.92 Å². The summed E-state index contributed by atoms with van der Waals surface area (Å²) in [4.78, 5) is 24.4. The molecule has 1 unspecified atom stereocenters. The van der Waals surface area contributed by atoms with Crippen molar-refractivity contribution in [2.75, 3.05) is 6.61 Å². The fourth-order valence-corrected chi connectivity index (χ4v) is 2.68. The first-order valence-corrected chi connectivity index (χ1v) is 9.92. The summed E-state index contributed by atoms with van der Waals surface area (Å²) in [5.74, 6) is -0.186. The van der Waals surface area contributed by atoms with Crippen LogP contribution in [0, 0.1) is 5.92 Å². The zero-order valence-corrected chi connectivity index (χ0v) is 16.8. The van der Waals surface area contributed by atoms with Crippen molar-refractivity contribution in [3.05, 3.63) is 35.4 Å². The van der Waals surface area contributed by atoms with E-state index in [0.717, 1.165) is 32.1 Å². The Balaban J connectivity index is 2.48. The molecule has 0 saturated carbocycles. The summed E-state index contributed by atoms with van der Waals surface area (Å²) in [6, 6.07) is 6.57. The molecule has 146 valence electrons. The van der Waals surface area contributed by atoms with Crippen molar-refractivity contribution in [1.82, 2.24) is 0 Å². The predicted octanol–water partition coefficient (Wildman–Crippen LogP) is 5.80. The Morgan fingerprint density at radius 3 is 2.27 bits per heavy atom. The van der Waals surface area contributed by atoms with Crippen LogP contribution in [0.2, 0.25) is 0 Å². The summed E-state index contributed by atoms with van der Waals surface area (Å²) in [6.07, 6.45) is 7.24. The summed E-state index contributed by atoms with van der Waals surface area (Å²) in [5, 5.41) is 0. The van der Waals surface area contributed by atoms with Crippen molar-refractivity contribution in [1.29, 1.82) is 0 Å². The van der Waals surface area contributed by atoms with Crippen molar-refractivity contribution in [3.8, 4) is 0 Å². The summed E-state index contributed by atoms with van der Waals surface area (Å²) < 4.78 is 10.8. The monoisotopic (exact) mass is 362 g/mol. The zero-order valence-electron chi connectivity index (χ0n) is 16.8. The van der Waals surface area contributed by atoms with Crippen LogP contribution in [0.25, 0.3) is 0 Å². The number of carbonyl (C=O) groups excluding carboxylic acids is 2. The number of hydrogen-bond donors (Lipinski definition) is 0. The highest BCUT2D eigenvalue weighted by molar-refractivity contribution is 5.95. The number of benzene rings is 1. The molecule has 0 aromatic heterocycles. The molecule has 0 aliphatic rings. The van der Waals surface area contributed by atoms with Crippen molar-refractivity contribution < 1.29 is 19.1 Å². The Labute approximate surface area is 158 Å². The first kappa shape index (κ1) is 22.2. The van der Waals surface area contributed by atoms with E-state index in [-0.39, 0.29) is 12.1 Å². The lowest BCUT2D eigenvalue weighted by Gasteiger charge is -2.13. The van der Waals surface area contributed by atoms with E-state index in [0.29, 0.717) is 23.7 Å². The number of esters is 2. The molecule has 1 atom stereocenters. The molecule has 0 heterocycles. The standard InChI is InChI=1S/C22H34O4/c1-5-6-7-8-12-18(4)26-22(24)20-14-9-13-19(16-20)21(23)25-15-10-11-17(2)3/h9,13-14,16-18H,5-8,10-12,15H2,1-4H3. The average molecular weight is 363 g/mol. The van der Waals surface area contributed by atoms with E-state index in [1.165, 1.54) is 12.8 Å². The number of carbonyl (C=O) groups is 2. The van der Waals surface area contributed by atoms with Gasteiger partial charge in [-0.3, -0.25) is 0 Å². The van der Waals surface area contributed by atoms with Gasteiger partial charge in [0.1, 0.15) is 0 Å². The minimum atomic E-state index is -0.393. The first-order chi connectivity index (χ1) is 12.4. The maximum atomic E-state index is 12.3.